The minimum atomic E-state index is -0.772. The van der Waals surface area contributed by atoms with Gasteiger partial charge in [0.05, 0.1) is 22.7 Å². The van der Waals surface area contributed by atoms with Gasteiger partial charge in [-0.25, -0.2) is 13.8 Å². The number of halogens is 2. The van der Waals surface area contributed by atoms with Crippen LogP contribution in [0.25, 0.3) is 21.5 Å². The van der Waals surface area contributed by atoms with E-state index in [1.807, 2.05) is 12.3 Å². The highest BCUT2D eigenvalue weighted by Crippen LogP contribution is 2.33. The maximum absolute atomic E-state index is 13.2. The number of nitrogens with one attached hydrogen (secondary N) is 2. The quantitative estimate of drug-likeness (QED) is 0.436. The van der Waals surface area contributed by atoms with E-state index in [4.69, 9.17) is 4.42 Å². The first-order chi connectivity index (χ1) is 14.4. The largest absolute Gasteiger partial charge is 0.464 e. The highest BCUT2D eigenvalue weighted by atomic mass is 32.2. The molecule has 1 amide bonds. The number of carbonyl (C=O) groups excluding carboxylic acids is 1. The zero-order valence-corrected chi connectivity index (χ0v) is 17.2. The van der Waals surface area contributed by atoms with Crippen molar-refractivity contribution >= 4 is 44.9 Å². The van der Waals surface area contributed by atoms with Crippen LogP contribution in [0.2, 0.25) is 0 Å². The van der Waals surface area contributed by atoms with Gasteiger partial charge in [0.15, 0.2) is 0 Å². The maximum Gasteiger partial charge on any atom is 0.260 e. The molecule has 0 aliphatic heterocycles. The van der Waals surface area contributed by atoms with Gasteiger partial charge in [0.25, 0.3) is 5.56 Å². The van der Waals surface area contributed by atoms with Gasteiger partial charge in [-0.05, 0) is 31.2 Å². The Hall–Kier alpha value is -2.98. The van der Waals surface area contributed by atoms with E-state index in [-0.39, 0.29) is 22.2 Å². The smallest absolute Gasteiger partial charge is 0.260 e. The van der Waals surface area contributed by atoms with E-state index in [1.165, 1.54) is 29.4 Å². The van der Waals surface area contributed by atoms with Gasteiger partial charge in [0.2, 0.25) is 5.91 Å². The number of hydrogen-bond acceptors (Lipinski definition) is 6. The van der Waals surface area contributed by atoms with Crippen LogP contribution in [0.1, 0.15) is 18.0 Å². The van der Waals surface area contributed by atoms with E-state index in [1.54, 1.807) is 12.1 Å². The number of aromatic amines is 1. The van der Waals surface area contributed by atoms with E-state index in [9.17, 15) is 18.4 Å². The molecule has 1 unspecified atom stereocenters. The van der Waals surface area contributed by atoms with Gasteiger partial charge >= 0.3 is 0 Å². The van der Waals surface area contributed by atoms with Crippen molar-refractivity contribution in [2.24, 2.45) is 0 Å². The number of furan rings is 1. The molecular formula is C20H15F2N3O3S2. The fourth-order valence-electron chi connectivity index (χ4n) is 2.87. The summed E-state index contributed by atoms with van der Waals surface area (Å²) in [5.41, 5.74) is 0.444. The van der Waals surface area contributed by atoms with E-state index < -0.39 is 17.5 Å². The van der Waals surface area contributed by atoms with Crippen LogP contribution in [0.3, 0.4) is 0 Å². The molecule has 3 heterocycles. The summed E-state index contributed by atoms with van der Waals surface area (Å²) in [5, 5.41) is 4.44. The zero-order valence-electron chi connectivity index (χ0n) is 15.6. The number of rotatable bonds is 6. The van der Waals surface area contributed by atoms with Crippen LogP contribution in [-0.2, 0) is 4.79 Å². The van der Waals surface area contributed by atoms with Crippen molar-refractivity contribution in [3.05, 3.63) is 69.8 Å². The lowest BCUT2D eigenvalue weighted by atomic mass is 10.2. The van der Waals surface area contributed by atoms with E-state index >= 15 is 0 Å². The van der Waals surface area contributed by atoms with Crippen molar-refractivity contribution in [1.82, 2.24) is 9.97 Å². The fraction of sp³-hybridized carbons (Fsp3) is 0.150. The molecule has 4 rings (SSSR count). The summed E-state index contributed by atoms with van der Waals surface area (Å²) in [6.07, 6.45) is 1.54. The topological polar surface area (TPSA) is 88.0 Å². The van der Waals surface area contributed by atoms with Gasteiger partial charge in [-0.3, -0.25) is 9.59 Å². The van der Waals surface area contributed by atoms with Gasteiger partial charge in [-0.2, -0.15) is 0 Å². The molecule has 0 aliphatic carbocycles. The minimum Gasteiger partial charge on any atom is -0.464 e. The normalized spacial score (nSPS) is 12.2. The lowest BCUT2D eigenvalue weighted by Gasteiger charge is -2.11. The molecule has 0 fully saturated rings. The molecule has 10 heteroatoms. The predicted molar refractivity (Wildman–Crippen MR) is 114 cm³/mol. The lowest BCUT2D eigenvalue weighted by molar-refractivity contribution is -0.113. The van der Waals surface area contributed by atoms with Crippen molar-refractivity contribution in [3.63, 3.8) is 0 Å². The second kappa shape index (κ2) is 8.41. The van der Waals surface area contributed by atoms with Crippen molar-refractivity contribution in [3.8, 4) is 11.3 Å². The third-order valence-corrected chi connectivity index (χ3v) is 6.27. The van der Waals surface area contributed by atoms with Crippen molar-refractivity contribution < 1.29 is 18.0 Å². The Bertz CT molecular complexity index is 1250. The first-order valence-corrected chi connectivity index (χ1v) is 10.8. The molecule has 0 saturated heterocycles. The lowest BCUT2D eigenvalue weighted by Crippen LogP contribution is -2.16. The van der Waals surface area contributed by atoms with Gasteiger partial charge in [-0.15, -0.1) is 23.1 Å². The van der Waals surface area contributed by atoms with Crippen LogP contribution < -0.4 is 10.9 Å². The number of nitrogens with zero attached hydrogens (tertiary/aromatic N) is 1. The van der Waals surface area contributed by atoms with Crippen molar-refractivity contribution in [1.29, 1.82) is 0 Å². The van der Waals surface area contributed by atoms with Crippen molar-refractivity contribution in [2.45, 2.75) is 12.2 Å². The predicted octanol–water partition coefficient (Wildman–Crippen LogP) is 4.96. The summed E-state index contributed by atoms with van der Waals surface area (Å²) in [6.45, 7) is 1.81. The number of fused-ring (bicyclic) bond motifs is 1. The van der Waals surface area contributed by atoms with Crippen LogP contribution in [0.4, 0.5) is 14.5 Å². The summed E-state index contributed by atoms with van der Waals surface area (Å²) in [7, 11) is 0. The highest BCUT2D eigenvalue weighted by molar-refractivity contribution is 8.00. The molecule has 30 heavy (non-hydrogen) atoms. The summed E-state index contributed by atoms with van der Waals surface area (Å²) < 4.78 is 31.8. The number of amides is 1. The molecule has 154 valence electrons. The SMILES string of the molecule is CC(SCC(=O)Nc1cc(F)cc(F)c1)c1nc2scc(-c3ccco3)c2c(=O)[nH]1. The van der Waals surface area contributed by atoms with Gasteiger partial charge < -0.3 is 14.7 Å². The highest BCUT2D eigenvalue weighted by Gasteiger charge is 2.18. The number of thiophene rings is 1. The molecule has 1 aromatic carbocycles. The zero-order chi connectivity index (χ0) is 21.3. The van der Waals surface area contributed by atoms with Crippen LogP contribution in [-0.4, -0.2) is 21.6 Å². The summed E-state index contributed by atoms with van der Waals surface area (Å²) >= 11 is 2.58. The number of anilines is 1. The molecule has 1 atom stereocenters. The van der Waals surface area contributed by atoms with E-state index in [0.29, 0.717) is 27.4 Å². The summed E-state index contributed by atoms with van der Waals surface area (Å²) in [6, 6.07) is 6.32. The van der Waals surface area contributed by atoms with Crippen molar-refractivity contribution in [2.75, 3.05) is 11.1 Å². The molecule has 0 bridgehead atoms. The molecular weight excluding hydrogens is 432 g/mol. The minimum absolute atomic E-state index is 0.0170. The van der Waals surface area contributed by atoms with Crippen LogP contribution in [0, 0.1) is 11.6 Å². The Kier molecular flexibility index (Phi) is 5.69. The molecule has 6 nitrogen and oxygen atoms in total. The number of carbonyl (C=O) groups is 1. The number of aromatic nitrogens is 2. The van der Waals surface area contributed by atoms with Crippen LogP contribution in [0.15, 0.2) is 51.2 Å². The number of hydrogen-bond donors (Lipinski definition) is 2. The second-order valence-corrected chi connectivity index (χ2v) is 8.60. The monoisotopic (exact) mass is 447 g/mol. The summed E-state index contributed by atoms with van der Waals surface area (Å²) in [5.74, 6) is -0.915. The Morgan fingerprint density at radius 1 is 1.33 bits per heavy atom. The third-order valence-electron chi connectivity index (χ3n) is 4.24. The van der Waals surface area contributed by atoms with Crippen LogP contribution in [0.5, 0.6) is 0 Å². The van der Waals surface area contributed by atoms with Crippen LogP contribution >= 0.6 is 23.1 Å². The van der Waals surface area contributed by atoms with Gasteiger partial charge in [0.1, 0.15) is 28.0 Å². The van der Waals surface area contributed by atoms with E-state index in [2.05, 4.69) is 15.3 Å². The number of benzene rings is 1. The molecule has 3 aromatic heterocycles. The Morgan fingerprint density at radius 3 is 2.80 bits per heavy atom. The first-order valence-electron chi connectivity index (χ1n) is 8.83. The summed E-state index contributed by atoms with van der Waals surface area (Å²) in [4.78, 5) is 32.6. The average Bonchev–Trinajstić information content (AvgIpc) is 3.34. The molecule has 0 spiro atoms. The molecule has 2 N–H and O–H groups in total. The number of H-pyrrole nitrogens is 1. The Labute approximate surface area is 177 Å². The average molecular weight is 447 g/mol. The van der Waals surface area contributed by atoms with Gasteiger partial charge in [-0.1, -0.05) is 0 Å². The fourth-order valence-corrected chi connectivity index (χ4v) is 4.55. The van der Waals surface area contributed by atoms with E-state index in [0.717, 1.165) is 18.2 Å². The number of thioether (sulfide) groups is 1. The maximum atomic E-state index is 13.2. The molecule has 0 radical (unpaired) electrons. The van der Waals surface area contributed by atoms with Gasteiger partial charge in [0, 0.05) is 22.7 Å². The molecule has 0 saturated carbocycles. The Balaban J connectivity index is 1.46. The second-order valence-electron chi connectivity index (χ2n) is 6.42. The first kappa shape index (κ1) is 20.3. The third kappa shape index (κ3) is 4.29. The standard InChI is InChI=1S/C20H15F2N3O3S2/c1-10(29-9-16(26)23-13-6-11(21)5-12(22)7-13)18-24-19(27)17-14(8-30-20(17)25-18)15-3-2-4-28-15/h2-8,10H,9H2,1H3,(H,23,26)(H,24,25,27). The molecule has 4 aromatic rings. The Morgan fingerprint density at radius 2 is 2.10 bits per heavy atom. The molecule has 0 aliphatic rings.